The molecule has 3 atom stereocenters. The molecule has 2 aromatic rings. The second-order valence-corrected chi connectivity index (χ2v) is 11.5. The summed E-state index contributed by atoms with van der Waals surface area (Å²) in [5.74, 6) is 3.41. The fourth-order valence-electron chi connectivity index (χ4n) is 6.63. The number of fused-ring (bicyclic) bond motifs is 3. The molecule has 2 saturated heterocycles. The zero-order valence-electron chi connectivity index (χ0n) is 20.3. The summed E-state index contributed by atoms with van der Waals surface area (Å²) in [4.78, 5) is 33.8. The fraction of sp³-hybridized carbons (Fsp3) is 0.577. The SMILES string of the molecule is CN(C(=O)C(C)(C)C)[C@@H]1C2CC1N(c1ncnc3c1C1(CCC1)CN3c1cc(C#N)ccn1)C2. The van der Waals surface area contributed by atoms with Gasteiger partial charge in [-0.05, 0) is 31.4 Å². The van der Waals surface area contributed by atoms with E-state index in [1.165, 1.54) is 12.0 Å². The number of nitriles is 1. The average Bonchev–Trinajstić information content (AvgIpc) is 3.47. The normalized spacial score (nSPS) is 26.0. The summed E-state index contributed by atoms with van der Waals surface area (Å²) in [6.45, 7) is 7.73. The number of carbonyl (C=O) groups excluding carboxylic acids is 1. The Morgan fingerprint density at radius 3 is 2.68 bits per heavy atom. The molecule has 5 aliphatic rings. The van der Waals surface area contributed by atoms with E-state index >= 15 is 0 Å². The summed E-state index contributed by atoms with van der Waals surface area (Å²) in [5, 5.41) is 9.38. The number of pyridine rings is 1. The van der Waals surface area contributed by atoms with Crippen molar-refractivity contribution < 1.29 is 4.79 Å². The van der Waals surface area contributed by atoms with Crippen molar-refractivity contribution in [2.45, 2.75) is 64.0 Å². The van der Waals surface area contributed by atoms with Crippen LogP contribution in [0.3, 0.4) is 0 Å². The second-order valence-electron chi connectivity index (χ2n) is 11.5. The van der Waals surface area contributed by atoms with Gasteiger partial charge in [0.2, 0.25) is 5.91 Å². The molecule has 1 amide bonds. The Bertz CT molecular complexity index is 1210. The molecule has 0 aromatic carbocycles. The Balaban J connectivity index is 1.37. The van der Waals surface area contributed by atoms with Crippen LogP contribution in [0.2, 0.25) is 0 Å². The molecule has 2 aliphatic carbocycles. The van der Waals surface area contributed by atoms with Crippen LogP contribution in [-0.2, 0) is 10.2 Å². The maximum atomic E-state index is 13.0. The van der Waals surface area contributed by atoms with Gasteiger partial charge >= 0.3 is 0 Å². The first-order valence-corrected chi connectivity index (χ1v) is 12.3. The van der Waals surface area contributed by atoms with Gasteiger partial charge in [-0.3, -0.25) is 4.79 Å². The van der Waals surface area contributed by atoms with Crippen LogP contribution in [0.5, 0.6) is 0 Å². The molecule has 2 saturated carbocycles. The van der Waals surface area contributed by atoms with Crippen molar-refractivity contribution in [3.05, 3.63) is 35.8 Å². The van der Waals surface area contributed by atoms with Crippen LogP contribution >= 0.6 is 0 Å². The molecule has 0 N–H and O–H groups in total. The number of hydrogen-bond donors (Lipinski definition) is 0. The number of nitrogens with zero attached hydrogens (tertiary/aromatic N) is 7. The number of likely N-dealkylation sites (N-methyl/N-ethyl adjacent to an activating group) is 1. The van der Waals surface area contributed by atoms with Crippen molar-refractivity contribution in [1.82, 2.24) is 19.9 Å². The maximum absolute atomic E-state index is 13.0. The Morgan fingerprint density at radius 2 is 2.00 bits per heavy atom. The smallest absolute Gasteiger partial charge is 0.228 e. The molecule has 5 heterocycles. The minimum atomic E-state index is -0.383. The van der Waals surface area contributed by atoms with E-state index in [1.54, 1.807) is 18.6 Å². The molecule has 34 heavy (non-hydrogen) atoms. The summed E-state index contributed by atoms with van der Waals surface area (Å²) >= 11 is 0. The average molecular weight is 458 g/mol. The third kappa shape index (κ3) is 2.88. The second kappa shape index (κ2) is 7.14. The standard InChI is InChI=1S/C26H31N7O/c1-25(2,3)24(34)31(4)21-17-11-18(21)32(13-17)22-20-23(30-15-29-22)33(14-26(20)7-5-8-26)19-10-16(12-27)6-9-28-19/h6,9-10,15,17-18,21H,5,7-8,11,13-14H2,1-4H3/t17?,18?,21-/m1/s1. The van der Waals surface area contributed by atoms with Crippen LogP contribution in [0.4, 0.5) is 17.5 Å². The zero-order valence-corrected chi connectivity index (χ0v) is 20.3. The molecule has 2 bridgehead atoms. The lowest BCUT2D eigenvalue weighted by molar-refractivity contribution is -0.143. The maximum Gasteiger partial charge on any atom is 0.228 e. The van der Waals surface area contributed by atoms with Crippen LogP contribution in [-0.4, -0.2) is 58.0 Å². The number of hydrogen-bond acceptors (Lipinski definition) is 7. The summed E-state index contributed by atoms with van der Waals surface area (Å²) in [6, 6.07) is 6.34. The van der Waals surface area contributed by atoms with E-state index in [0.29, 0.717) is 17.5 Å². The summed E-state index contributed by atoms with van der Waals surface area (Å²) in [5.41, 5.74) is 1.49. The van der Waals surface area contributed by atoms with Gasteiger partial charge < -0.3 is 14.7 Å². The number of anilines is 3. The molecule has 1 spiro atoms. The quantitative estimate of drug-likeness (QED) is 0.698. The van der Waals surface area contributed by atoms with Gasteiger partial charge in [0, 0.05) is 48.6 Å². The summed E-state index contributed by atoms with van der Waals surface area (Å²) < 4.78 is 0. The first-order valence-electron chi connectivity index (χ1n) is 12.3. The highest BCUT2D eigenvalue weighted by Gasteiger charge is 2.58. The molecule has 4 fully saturated rings. The van der Waals surface area contributed by atoms with Gasteiger partial charge in [-0.2, -0.15) is 5.26 Å². The van der Waals surface area contributed by atoms with E-state index < -0.39 is 0 Å². The molecule has 0 radical (unpaired) electrons. The van der Waals surface area contributed by atoms with Crippen molar-refractivity contribution in [3.8, 4) is 6.07 Å². The molecular formula is C26H31N7O. The lowest BCUT2D eigenvalue weighted by atomic mass is 9.66. The molecule has 8 nitrogen and oxygen atoms in total. The molecule has 7 rings (SSSR count). The van der Waals surface area contributed by atoms with Crippen LogP contribution in [0, 0.1) is 22.7 Å². The minimum absolute atomic E-state index is 0.0336. The number of amides is 1. The van der Waals surface area contributed by atoms with E-state index in [0.717, 1.165) is 49.8 Å². The van der Waals surface area contributed by atoms with Crippen molar-refractivity contribution in [2.24, 2.45) is 11.3 Å². The van der Waals surface area contributed by atoms with E-state index in [1.807, 2.05) is 38.8 Å². The highest BCUT2D eigenvalue weighted by molar-refractivity contribution is 5.82. The summed E-state index contributed by atoms with van der Waals surface area (Å²) in [6.07, 6.45) is 7.90. The highest BCUT2D eigenvalue weighted by Crippen LogP contribution is 2.58. The minimum Gasteiger partial charge on any atom is -0.351 e. The van der Waals surface area contributed by atoms with Gasteiger partial charge in [-0.15, -0.1) is 0 Å². The molecule has 2 aromatic heterocycles. The third-order valence-electron chi connectivity index (χ3n) is 8.45. The van der Waals surface area contributed by atoms with Crippen molar-refractivity contribution >= 4 is 23.4 Å². The highest BCUT2D eigenvalue weighted by atomic mass is 16.2. The Hall–Kier alpha value is -3.21. The van der Waals surface area contributed by atoms with Gasteiger partial charge in [0.25, 0.3) is 0 Å². The van der Waals surface area contributed by atoms with Crippen molar-refractivity contribution in [2.75, 3.05) is 29.9 Å². The lowest BCUT2D eigenvalue weighted by Gasteiger charge is -2.45. The van der Waals surface area contributed by atoms with E-state index in [-0.39, 0.29) is 22.8 Å². The number of rotatable bonds is 3. The molecule has 3 aliphatic heterocycles. The van der Waals surface area contributed by atoms with Crippen LogP contribution < -0.4 is 9.80 Å². The van der Waals surface area contributed by atoms with Gasteiger partial charge in [0.1, 0.15) is 23.8 Å². The third-order valence-corrected chi connectivity index (χ3v) is 8.45. The Labute approximate surface area is 200 Å². The monoisotopic (exact) mass is 457 g/mol. The largest absolute Gasteiger partial charge is 0.351 e. The molecular weight excluding hydrogens is 426 g/mol. The zero-order chi connectivity index (χ0) is 23.8. The van der Waals surface area contributed by atoms with E-state index in [4.69, 9.17) is 9.97 Å². The van der Waals surface area contributed by atoms with Gasteiger partial charge in [0.15, 0.2) is 0 Å². The predicted molar refractivity (Wildman–Crippen MR) is 129 cm³/mol. The van der Waals surface area contributed by atoms with Gasteiger partial charge in [-0.1, -0.05) is 27.2 Å². The number of aromatic nitrogens is 3. The molecule has 8 heteroatoms. The first kappa shape index (κ1) is 21.3. The van der Waals surface area contributed by atoms with Crippen LogP contribution in [0.25, 0.3) is 0 Å². The molecule has 2 unspecified atom stereocenters. The van der Waals surface area contributed by atoms with Gasteiger partial charge in [0.05, 0.1) is 23.7 Å². The topological polar surface area (TPSA) is 89.3 Å². The van der Waals surface area contributed by atoms with E-state index in [9.17, 15) is 10.1 Å². The fourth-order valence-corrected chi connectivity index (χ4v) is 6.63. The summed E-state index contributed by atoms with van der Waals surface area (Å²) in [7, 11) is 1.97. The van der Waals surface area contributed by atoms with Crippen molar-refractivity contribution in [1.29, 1.82) is 5.26 Å². The lowest BCUT2D eigenvalue weighted by Crippen LogP contribution is -2.57. The van der Waals surface area contributed by atoms with E-state index in [2.05, 4.69) is 20.9 Å². The van der Waals surface area contributed by atoms with Crippen molar-refractivity contribution in [3.63, 3.8) is 0 Å². The Morgan fingerprint density at radius 1 is 1.24 bits per heavy atom. The first-order chi connectivity index (χ1) is 16.2. The Kier molecular flexibility index (Phi) is 4.48. The number of carbonyl (C=O) groups is 1. The van der Waals surface area contributed by atoms with Crippen LogP contribution in [0.15, 0.2) is 24.7 Å². The van der Waals surface area contributed by atoms with Crippen LogP contribution in [0.1, 0.15) is 57.6 Å². The molecule has 176 valence electrons. The predicted octanol–water partition coefficient (Wildman–Crippen LogP) is 3.40. The van der Waals surface area contributed by atoms with Gasteiger partial charge in [-0.25, -0.2) is 15.0 Å².